The van der Waals surface area contributed by atoms with Crippen molar-refractivity contribution < 1.29 is 20.1 Å². The molecule has 4 rings (SSSR count). The molecular formula is C16H18N4O5. The minimum atomic E-state index is -1.65. The minimum absolute atomic E-state index is 0.312. The van der Waals surface area contributed by atoms with Crippen molar-refractivity contribution in [2.24, 2.45) is 0 Å². The van der Waals surface area contributed by atoms with Gasteiger partial charge in [-0.3, -0.25) is 4.79 Å². The summed E-state index contributed by atoms with van der Waals surface area (Å²) in [6.45, 7) is 2.87. The predicted octanol–water partition coefficient (Wildman–Crippen LogP) is -0.417. The average molecular weight is 346 g/mol. The number of rotatable bonds is 2. The van der Waals surface area contributed by atoms with Crippen molar-refractivity contribution in [3.05, 3.63) is 34.4 Å². The summed E-state index contributed by atoms with van der Waals surface area (Å²) in [5.74, 6) is 0. The summed E-state index contributed by atoms with van der Waals surface area (Å²) in [5.41, 5.74) is -0.650. The van der Waals surface area contributed by atoms with Crippen LogP contribution in [-0.2, 0) is 4.74 Å². The number of ether oxygens (including phenoxy) is 1. The third-order valence-corrected chi connectivity index (χ3v) is 4.84. The van der Waals surface area contributed by atoms with Gasteiger partial charge in [0.15, 0.2) is 6.23 Å². The Balaban J connectivity index is 1.98. The summed E-state index contributed by atoms with van der Waals surface area (Å²) in [7, 11) is 0. The zero-order chi connectivity index (χ0) is 17.9. The lowest BCUT2D eigenvalue weighted by atomic mass is 9.97. The molecule has 0 radical (unpaired) electrons. The molecule has 0 spiro atoms. The highest BCUT2D eigenvalue weighted by molar-refractivity contribution is 6.10. The van der Waals surface area contributed by atoms with E-state index in [0.29, 0.717) is 16.3 Å². The SMILES string of the molecule is Cc1cc2c(=O)[nH]ncc3nn([C@@H]4O[C@H](CO)[C@@H](O)[C@@]4(C)O)cc1c32. The summed E-state index contributed by atoms with van der Waals surface area (Å²) in [4.78, 5) is 12.1. The molecule has 4 N–H and O–H groups in total. The highest BCUT2D eigenvalue weighted by atomic mass is 16.6. The van der Waals surface area contributed by atoms with Crippen molar-refractivity contribution in [1.29, 1.82) is 0 Å². The van der Waals surface area contributed by atoms with Crippen molar-refractivity contribution in [1.82, 2.24) is 20.0 Å². The third kappa shape index (κ3) is 2.20. The molecule has 1 saturated heterocycles. The molecule has 3 heterocycles. The van der Waals surface area contributed by atoms with E-state index in [1.807, 2.05) is 6.92 Å². The number of aromatic nitrogens is 4. The number of nitrogens with zero attached hydrogens (tertiary/aromatic N) is 3. The second kappa shape index (κ2) is 5.33. The van der Waals surface area contributed by atoms with Gasteiger partial charge < -0.3 is 20.1 Å². The van der Waals surface area contributed by atoms with Gasteiger partial charge in [-0.1, -0.05) is 0 Å². The fraction of sp³-hybridized carbons (Fsp3) is 0.438. The van der Waals surface area contributed by atoms with Crippen molar-refractivity contribution in [3.8, 4) is 0 Å². The molecule has 0 amide bonds. The first kappa shape index (κ1) is 16.2. The van der Waals surface area contributed by atoms with Gasteiger partial charge in [0.05, 0.1) is 18.2 Å². The maximum atomic E-state index is 12.1. The zero-order valence-electron chi connectivity index (χ0n) is 13.7. The van der Waals surface area contributed by atoms with Crippen LogP contribution in [0, 0.1) is 6.92 Å². The van der Waals surface area contributed by atoms with Crippen molar-refractivity contribution in [3.63, 3.8) is 0 Å². The van der Waals surface area contributed by atoms with Crippen molar-refractivity contribution in [2.75, 3.05) is 6.61 Å². The monoisotopic (exact) mass is 346 g/mol. The van der Waals surface area contributed by atoms with E-state index in [9.17, 15) is 20.1 Å². The van der Waals surface area contributed by atoms with E-state index < -0.39 is 30.6 Å². The molecule has 4 atom stereocenters. The molecule has 0 unspecified atom stereocenters. The topological polar surface area (TPSA) is 133 Å². The number of aliphatic hydroxyl groups is 3. The molecule has 2 aromatic heterocycles. The van der Waals surface area contributed by atoms with E-state index in [1.165, 1.54) is 17.8 Å². The standard InChI is InChI=1S/C16H18N4O5/c1-7-3-8-12-9(7)5-20(19-10(12)4-17-18-14(8)23)15-16(2,24)13(22)11(6-21)25-15/h3-5,11,13,15,21-22,24H,6H2,1-2H3,(H,18,23)/t11-,13-,15-,16-/m1/s1. The van der Waals surface area contributed by atoms with Crippen LogP contribution in [0.3, 0.4) is 0 Å². The molecule has 0 saturated carbocycles. The number of hydrogen-bond acceptors (Lipinski definition) is 7. The quantitative estimate of drug-likeness (QED) is 0.495. The fourth-order valence-corrected chi connectivity index (χ4v) is 3.46. The van der Waals surface area contributed by atoms with E-state index >= 15 is 0 Å². The van der Waals surface area contributed by atoms with Gasteiger partial charge in [0, 0.05) is 17.0 Å². The molecular weight excluding hydrogens is 328 g/mol. The number of aliphatic hydroxyl groups excluding tert-OH is 2. The number of hydrogen-bond donors (Lipinski definition) is 4. The van der Waals surface area contributed by atoms with E-state index in [4.69, 9.17) is 4.74 Å². The van der Waals surface area contributed by atoms with Crippen LogP contribution >= 0.6 is 0 Å². The summed E-state index contributed by atoms with van der Waals surface area (Å²) < 4.78 is 7.01. The third-order valence-electron chi connectivity index (χ3n) is 4.84. The average Bonchev–Trinajstić information content (AvgIpc) is 2.96. The number of aryl methyl sites for hydroxylation is 1. The van der Waals surface area contributed by atoms with E-state index in [1.54, 1.807) is 12.3 Å². The minimum Gasteiger partial charge on any atom is -0.394 e. The molecule has 1 fully saturated rings. The van der Waals surface area contributed by atoms with Crippen LogP contribution in [0.1, 0.15) is 18.7 Å². The van der Waals surface area contributed by atoms with Crippen LogP contribution in [0.4, 0.5) is 0 Å². The fourth-order valence-electron chi connectivity index (χ4n) is 3.46. The number of nitrogens with one attached hydrogen (secondary N) is 1. The summed E-state index contributed by atoms with van der Waals surface area (Å²) >= 11 is 0. The lowest BCUT2D eigenvalue weighted by Gasteiger charge is -2.27. The Morgan fingerprint density at radius 1 is 1.44 bits per heavy atom. The van der Waals surface area contributed by atoms with Crippen LogP contribution in [0.2, 0.25) is 0 Å². The summed E-state index contributed by atoms with van der Waals surface area (Å²) in [5, 5.41) is 42.8. The van der Waals surface area contributed by atoms with Crippen LogP contribution in [0.5, 0.6) is 0 Å². The summed E-state index contributed by atoms with van der Waals surface area (Å²) in [6, 6.07) is 1.75. The van der Waals surface area contributed by atoms with E-state index in [-0.39, 0.29) is 5.56 Å². The Kier molecular flexibility index (Phi) is 3.45. The molecule has 25 heavy (non-hydrogen) atoms. The molecule has 1 aliphatic rings. The van der Waals surface area contributed by atoms with Crippen molar-refractivity contribution >= 4 is 21.7 Å². The lowest BCUT2D eigenvalue weighted by molar-refractivity contribution is -0.102. The second-order valence-corrected chi connectivity index (χ2v) is 6.60. The van der Waals surface area contributed by atoms with Crippen molar-refractivity contribution in [2.45, 2.75) is 37.9 Å². The van der Waals surface area contributed by atoms with Crippen LogP contribution in [-0.4, -0.2) is 59.7 Å². The van der Waals surface area contributed by atoms with Crippen LogP contribution < -0.4 is 5.56 Å². The zero-order valence-corrected chi connectivity index (χ0v) is 13.7. The summed E-state index contributed by atoms with van der Waals surface area (Å²) in [6.07, 6.45) is -0.0953. The highest BCUT2D eigenvalue weighted by Crippen LogP contribution is 2.39. The molecule has 9 nitrogen and oxygen atoms in total. The maximum Gasteiger partial charge on any atom is 0.272 e. The van der Waals surface area contributed by atoms with Gasteiger partial charge in [-0.15, -0.1) is 0 Å². The molecule has 0 bridgehead atoms. The molecule has 132 valence electrons. The number of aromatic amines is 1. The smallest absolute Gasteiger partial charge is 0.272 e. The van der Waals surface area contributed by atoms with Gasteiger partial charge in [0.2, 0.25) is 0 Å². The van der Waals surface area contributed by atoms with Crippen LogP contribution in [0.15, 0.2) is 23.3 Å². The first-order chi connectivity index (χ1) is 11.8. The van der Waals surface area contributed by atoms with Gasteiger partial charge in [-0.05, 0) is 25.5 Å². The second-order valence-electron chi connectivity index (χ2n) is 6.60. The Morgan fingerprint density at radius 3 is 2.88 bits per heavy atom. The highest BCUT2D eigenvalue weighted by Gasteiger charge is 2.53. The van der Waals surface area contributed by atoms with E-state index in [0.717, 1.165) is 10.9 Å². The first-order valence-electron chi connectivity index (χ1n) is 7.87. The molecule has 1 aromatic carbocycles. The lowest BCUT2D eigenvalue weighted by Crippen LogP contribution is -2.44. The van der Waals surface area contributed by atoms with Gasteiger partial charge in [-0.2, -0.15) is 10.2 Å². The largest absolute Gasteiger partial charge is 0.394 e. The van der Waals surface area contributed by atoms with E-state index in [2.05, 4.69) is 15.3 Å². The molecule has 3 aromatic rings. The molecule has 9 heteroatoms. The Bertz CT molecular complexity index is 1020. The maximum absolute atomic E-state index is 12.1. The number of H-pyrrole nitrogens is 1. The normalized spacial score (nSPS) is 29.7. The molecule has 1 aliphatic heterocycles. The van der Waals surface area contributed by atoms with Gasteiger partial charge in [0.25, 0.3) is 5.56 Å². The Hall–Kier alpha value is -2.33. The molecule has 0 aliphatic carbocycles. The Morgan fingerprint density at radius 2 is 2.20 bits per heavy atom. The van der Waals surface area contributed by atoms with Gasteiger partial charge in [0.1, 0.15) is 23.3 Å². The Labute approximate surface area is 141 Å². The predicted molar refractivity (Wildman–Crippen MR) is 88.0 cm³/mol. The van der Waals surface area contributed by atoms with Crippen LogP contribution in [0.25, 0.3) is 21.7 Å². The van der Waals surface area contributed by atoms with Gasteiger partial charge in [-0.25, -0.2) is 9.78 Å². The first-order valence-corrected chi connectivity index (χ1v) is 7.87. The van der Waals surface area contributed by atoms with Gasteiger partial charge >= 0.3 is 0 Å².